The highest BCUT2D eigenvalue weighted by Crippen LogP contribution is 2.34. The predicted molar refractivity (Wildman–Crippen MR) is 118 cm³/mol. The van der Waals surface area contributed by atoms with Crippen molar-refractivity contribution >= 4 is 28.3 Å². The molecule has 5 nitrogen and oxygen atoms in total. The molecule has 0 aliphatic carbocycles. The van der Waals surface area contributed by atoms with Crippen LogP contribution in [-0.2, 0) is 22.6 Å². The fourth-order valence-corrected chi connectivity index (χ4v) is 3.67. The third-order valence-electron chi connectivity index (χ3n) is 5.25. The Labute approximate surface area is 176 Å². The van der Waals surface area contributed by atoms with Crippen molar-refractivity contribution < 1.29 is 14.3 Å². The highest BCUT2D eigenvalue weighted by molar-refractivity contribution is 5.97. The van der Waals surface area contributed by atoms with Gasteiger partial charge in [0.1, 0.15) is 12.4 Å². The SMILES string of the molecule is CCOC(=O)C(C)(C)CC1=Nc2cc(OCc3ccc4ccccc4n3)ccc2C1. The van der Waals surface area contributed by atoms with Crippen molar-refractivity contribution in [2.24, 2.45) is 10.4 Å². The van der Waals surface area contributed by atoms with E-state index < -0.39 is 5.41 Å². The minimum absolute atomic E-state index is 0.185. The van der Waals surface area contributed by atoms with Gasteiger partial charge in [-0.15, -0.1) is 0 Å². The van der Waals surface area contributed by atoms with E-state index >= 15 is 0 Å². The maximum atomic E-state index is 12.2. The summed E-state index contributed by atoms with van der Waals surface area (Å²) in [4.78, 5) is 21.6. The summed E-state index contributed by atoms with van der Waals surface area (Å²) in [5.74, 6) is 0.578. The Morgan fingerprint density at radius 1 is 1.10 bits per heavy atom. The minimum Gasteiger partial charge on any atom is -0.487 e. The molecule has 154 valence electrons. The molecular weight excluding hydrogens is 376 g/mol. The smallest absolute Gasteiger partial charge is 0.311 e. The number of aliphatic imine (C=N–C) groups is 1. The normalized spacial score (nSPS) is 13.1. The van der Waals surface area contributed by atoms with E-state index in [1.165, 1.54) is 0 Å². The second-order valence-electron chi connectivity index (χ2n) is 8.21. The van der Waals surface area contributed by atoms with Gasteiger partial charge in [0.15, 0.2) is 0 Å². The van der Waals surface area contributed by atoms with Gasteiger partial charge in [-0.2, -0.15) is 0 Å². The summed E-state index contributed by atoms with van der Waals surface area (Å²) in [5.41, 5.74) is 4.32. The molecular formula is C25H26N2O3. The van der Waals surface area contributed by atoms with Gasteiger partial charge >= 0.3 is 5.97 Å². The fourth-order valence-electron chi connectivity index (χ4n) is 3.67. The van der Waals surface area contributed by atoms with Crippen LogP contribution in [0.1, 0.15) is 38.4 Å². The highest BCUT2D eigenvalue weighted by atomic mass is 16.5. The fraction of sp³-hybridized carbons (Fsp3) is 0.320. The second kappa shape index (κ2) is 8.27. The summed E-state index contributed by atoms with van der Waals surface area (Å²) in [7, 11) is 0. The molecule has 0 radical (unpaired) electrons. The summed E-state index contributed by atoms with van der Waals surface area (Å²) >= 11 is 0. The van der Waals surface area contributed by atoms with E-state index in [2.05, 4.69) is 11.1 Å². The molecule has 30 heavy (non-hydrogen) atoms. The van der Waals surface area contributed by atoms with Crippen molar-refractivity contribution in [3.05, 3.63) is 65.9 Å². The number of benzene rings is 2. The molecule has 0 spiro atoms. The van der Waals surface area contributed by atoms with Gasteiger partial charge in [-0.3, -0.25) is 9.79 Å². The molecule has 1 aromatic heterocycles. The first-order valence-electron chi connectivity index (χ1n) is 10.3. The van der Waals surface area contributed by atoms with Crippen molar-refractivity contribution in [3.63, 3.8) is 0 Å². The number of aromatic nitrogens is 1. The number of hydrogen-bond donors (Lipinski definition) is 0. The maximum Gasteiger partial charge on any atom is 0.311 e. The van der Waals surface area contributed by atoms with Crippen molar-refractivity contribution in [2.75, 3.05) is 6.61 Å². The van der Waals surface area contributed by atoms with Gasteiger partial charge in [-0.25, -0.2) is 4.98 Å². The Hall–Kier alpha value is -3.21. The van der Waals surface area contributed by atoms with Crippen LogP contribution in [0.2, 0.25) is 0 Å². The number of carbonyl (C=O) groups excluding carboxylic acids is 1. The molecule has 5 heteroatoms. The molecule has 0 bridgehead atoms. The molecule has 0 amide bonds. The number of hydrogen-bond acceptors (Lipinski definition) is 5. The van der Waals surface area contributed by atoms with Crippen LogP contribution in [-0.4, -0.2) is 23.3 Å². The lowest BCUT2D eigenvalue weighted by molar-refractivity contribution is -0.152. The second-order valence-corrected chi connectivity index (χ2v) is 8.21. The molecule has 2 aromatic carbocycles. The van der Waals surface area contributed by atoms with Gasteiger partial charge in [0.05, 0.1) is 28.9 Å². The van der Waals surface area contributed by atoms with Gasteiger partial charge in [0, 0.05) is 30.0 Å². The van der Waals surface area contributed by atoms with Crippen molar-refractivity contribution in [3.8, 4) is 5.75 Å². The van der Waals surface area contributed by atoms with Crippen LogP contribution >= 0.6 is 0 Å². The molecule has 1 aliphatic heterocycles. The van der Waals surface area contributed by atoms with Crippen LogP contribution < -0.4 is 4.74 Å². The molecule has 0 fully saturated rings. The van der Waals surface area contributed by atoms with E-state index in [1.54, 1.807) is 0 Å². The first-order valence-corrected chi connectivity index (χ1v) is 10.3. The number of pyridine rings is 1. The standard InChI is InChI=1S/C25H26N2O3/c1-4-29-24(28)25(2,3)15-20-13-18-10-12-21(14-23(18)27-20)30-16-19-11-9-17-7-5-6-8-22(17)26-19/h5-12,14H,4,13,15-16H2,1-3H3. The molecule has 3 aromatic rings. The number of esters is 1. The number of carbonyl (C=O) groups is 1. The van der Waals surface area contributed by atoms with E-state index in [0.29, 0.717) is 19.6 Å². The zero-order valence-corrected chi connectivity index (χ0v) is 17.6. The Balaban J connectivity index is 1.43. The van der Waals surface area contributed by atoms with Gasteiger partial charge < -0.3 is 9.47 Å². The van der Waals surface area contributed by atoms with Gasteiger partial charge in [0.2, 0.25) is 0 Å². The number of ether oxygens (including phenoxy) is 2. The lowest BCUT2D eigenvalue weighted by atomic mass is 9.86. The zero-order valence-electron chi connectivity index (χ0n) is 17.6. The summed E-state index contributed by atoms with van der Waals surface area (Å²) < 4.78 is 11.2. The molecule has 0 saturated heterocycles. The van der Waals surface area contributed by atoms with Crippen LogP contribution in [0, 0.1) is 5.41 Å². The van der Waals surface area contributed by atoms with E-state index in [4.69, 9.17) is 14.5 Å². The quantitative estimate of drug-likeness (QED) is 0.495. The van der Waals surface area contributed by atoms with Crippen molar-refractivity contribution in [2.45, 2.75) is 40.2 Å². The summed E-state index contributed by atoms with van der Waals surface area (Å²) in [6.07, 6.45) is 1.34. The first kappa shape index (κ1) is 20.1. The van der Waals surface area contributed by atoms with Crippen molar-refractivity contribution in [1.82, 2.24) is 4.98 Å². The molecule has 1 aliphatic rings. The van der Waals surface area contributed by atoms with Crippen LogP contribution in [0.5, 0.6) is 5.75 Å². The molecule has 2 heterocycles. The van der Waals surface area contributed by atoms with Gasteiger partial charge in [0.25, 0.3) is 0 Å². The number of nitrogens with zero attached hydrogens (tertiary/aromatic N) is 2. The Morgan fingerprint density at radius 3 is 2.77 bits per heavy atom. The lowest BCUT2D eigenvalue weighted by Crippen LogP contribution is -2.29. The van der Waals surface area contributed by atoms with E-state index in [9.17, 15) is 4.79 Å². The largest absolute Gasteiger partial charge is 0.487 e. The average Bonchev–Trinajstić information content (AvgIpc) is 3.13. The monoisotopic (exact) mass is 402 g/mol. The summed E-state index contributed by atoms with van der Waals surface area (Å²) in [6, 6.07) is 18.1. The minimum atomic E-state index is -0.585. The van der Waals surface area contributed by atoms with Crippen LogP contribution in [0.3, 0.4) is 0 Å². The van der Waals surface area contributed by atoms with E-state index in [0.717, 1.165) is 45.7 Å². The molecule has 0 atom stereocenters. The lowest BCUT2D eigenvalue weighted by Gasteiger charge is -2.21. The molecule has 0 saturated carbocycles. The van der Waals surface area contributed by atoms with Crippen LogP contribution in [0.25, 0.3) is 10.9 Å². The third-order valence-corrected chi connectivity index (χ3v) is 5.25. The average molecular weight is 402 g/mol. The van der Waals surface area contributed by atoms with E-state index in [-0.39, 0.29) is 5.97 Å². The molecule has 4 rings (SSSR count). The predicted octanol–water partition coefficient (Wildman–Crippen LogP) is 5.42. The van der Waals surface area contributed by atoms with Gasteiger partial charge in [-0.1, -0.05) is 30.3 Å². The summed E-state index contributed by atoms with van der Waals surface area (Å²) in [6.45, 7) is 6.42. The number of fused-ring (bicyclic) bond motifs is 2. The zero-order chi connectivity index (χ0) is 21.1. The number of para-hydroxylation sites is 1. The number of rotatable bonds is 7. The summed E-state index contributed by atoms with van der Waals surface area (Å²) in [5, 5.41) is 1.12. The molecule has 0 unspecified atom stereocenters. The van der Waals surface area contributed by atoms with Crippen LogP contribution in [0.15, 0.2) is 59.6 Å². The van der Waals surface area contributed by atoms with Crippen LogP contribution in [0.4, 0.5) is 5.69 Å². The topological polar surface area (TPSA) is 60.8 Å². The van der Waals surface area contributed by atoms with Gasteiger partial charge in [-0.05, 0) is 44.5 Å². The van der Waals surface area contributed by atoms with Crippen molar-refractivity contribution in [1.29, 1.82) is 0 Å². The Bertz CT molecular complexity index is 1120. The first-order chi connectivity index (χ1) is 14.4. The highest BCUT2D eigenvalue weighted by Gasteiger charge is 2.32. The maximum absolute atomic E-state index is 12.2. The Kier molecular flexibility index (Phi) is 5.53. The third kappa shape index (κ3) is 4.35. The molecule has 0 N–H and O–H groups in total. The van der Waals surface area contributed by atoms with E-state index in [1.807, 2.05) is 69.3 Å². The Morgan fingerprint density at radius 2 is 1.93 bits per heavy atom.